The van der Waals surface area contributed by atoms with E-state index in [0.29, 0.717) is 25.6 Å². The minimum atomic E-state index is -3.38. The molecule has 0 spiro atoms. The van der Waals surface area contributed by atoms with Crippen LogP contribution in [0.25, 0.3) is 0 Å². The number of hydrogen-bond donors (Lipinski definition) is 2. The average Bonchev–Trinajstić information content (AvgIpc) is 3.16. The molecule has 1 heterocycles. The Labute approximate surface area is 122 Å². The molecule has 5 nitrogen and oxygen atoms in total. The highest BCUT2D eigenvalue weighted by Crippen LogP contribution is 2.44. The van der Waals surface area contributed by atoms with E-state index in [1.165, 1.54) is 0 Å². The van der Waals surface area contributed by atoms with Gasteiger partial charge in [0, 0.05) is 31.7 Å². The van der Waals surface area contributed by atoms with Crippen molar-refractivity contribution in [1.29, 1.82) is 0 Å². The van der Waals surface area contributed by atoms with Gasteiger partial charge in [-0.15, -0.1) is 0 Å². The van der Waals surface area contributed by atoms with Crippen molar-refractivity contribution in [3.63, 3.8) is 0 Å². The number of nitrogens with one attached hydrogen (secondary N) is 1. The standard InChI is InChI=1S/C14H28N2O3S/c1-13(2,3)12-4-8-16(9-5-12)20(18,19)15-10-14(11-17)6-7-14/h12,15,17H,4-11H2,1-3H3. The van der Waals surface area contributed by atoms with Crippen molar-refractivity contribution in [3.8, 4) is 0 Å². The SMILES string of the molecule is CC(C)(C)C1CCN(S(=O)(=O)NCC2(CO)CC2)CC1. The van der Waals surface area contributed by atoms with Crippen LogP contribution in [0, 0.1) is 16.7 Å². The van der Waals surface area contributed by atoms with Crippen LogP contribution in [0.3, 0.4) is 0 Å². The molecule has 0 radical (unpaired) electrons. The molecule has 6 heteroatoms. The summed E-state index contributed by atoms with van der Waals surface area (Å²) in [5, 5.41) is 9.24. The van der Waals surface area contributed by atoms with E-state index in [1.807, 2.05) is 0 Å². The van der Waals surface area contributed by atoms with Crippen molar-refractivity contribution < 1.29 is 13.5 Å². The molecule has 1 aliphatic heterocycles. The molecule has 20 heavy (non-hydrogen) atoms. The van der Waals surface area contributed by atoms with E-state index in [-0.39, 0.29) is 17.4 Å². The summed E-state index contributed by atoms with van der Waals surface area (Å²) < 4.78 is 28.8. The second-order valence-corrected chi connectivity index (χ2v) is 9.28. The van der Waals surface area contributed by atoms with E-state index >= 15 is 0 Å². The molecule has 0 amide bonds. The summed E-state index contributed by atoms with van der Waals surface area (Å²) >= 11 is 0. The van der Waals surface area contributed by atoms with Crippen LogP contribution in [0.1, 0.15) is 46.5 Å². The topological polar surface area (TPSA) is 69.6 Å². The van der Waals surface area contributed by atoms with Gasteiger partial charge >= 0.3 is 0 Å². The lowest BCUT2D eigenvalue weighted by molar-refractivity contribution is 0.152. The molecule has 0 atom stereocenters. The molecule has 1 saturated heterocycles. The normalized spacial score (nSPS) is 24.8. The Hall–Kier alpha value is -0.170. The van der Waals surface area contributed by atoms with Gasteiger partial charge in [-0.1, -0.05) is 20.8 Å². The van der Waals surface area contributed by atoms with Crippen LogP contribution in [0.2, 0.25) is 0 Å². The van der Waals surface area contributed by atoms with Crippen molar-refractivity contribution in [3.05, 3.63) is 0 Å². The Morgan fingerprint density at radius 3 is 2.20 bits per heavy atom. The summed E-state index contributed by atoms with van der Waals surface area (Å²) in [5.74, 6) is 0.584. The largest absolute Gasteiger partial charge is 0.396 e. The van der Waals surface area contributed by atoms with Gasteiger partial charge in [0.05, 0.1) is 0 Å². The molecule has 118 valence electrons. The predicted octanol–water partition coefficient (Wildman–Crippen LogP) is 1.35. The number of aliphatic hydroxyl groups excluding tert-OH is 1. The summed E-state index contributed by atoms with van der Waals surface area (Å²) in [6, 6.07) is 0. The highest BCUT2D eigenvalue weighted by atomic mass is 32.2. The second kappa shape index (κ2) is 5.55. The Kier molecular flexibility index (Phi) is 4.50. The maximum absolute atomic E-state index is 12.3. The van der Waals surface area contributed by atoms with Gasteiger partial charge in [-0.25, -0.2) is 4.72 Å². The lowest BCUT2D eigenvalue weighted by Crippen LogP contribution is -2.47. The summed E-state index contributed by atoms with van der Waals surface area (Å²) in [6.07, 6.45) is 3.68. The Morgan fingerprint density at radius 1 is 1.25 bits per heavy atom. The van der Waals surface area contributed by atoms with E-state index < -0.39 is 10.2 Å². The first-order chi connectivity index (χ1) is 9.19. The lowest BCUT2D eigenvalue weighted by Gasteiger charge is -2.38. The van der Waals surface area contributed by atoms with E-state index in [0.717, 1.165) is 25.7 Å². The first-order valence-electron chi connectivity index (χ1n) is 7.54. The van der Waals surface area contributed by atoms with Crippen molar-refractivity contribution >= 4 is 10.2 Å². The molecular weight excluding hydrogens is 276 g/mol. The first kappa shape index (κ1) is 16.2. The number of piperidine rings is 1. The quantitative estimate of drug-likeness (QED) is 0.805. The predicted molar refractivity (Wildman–Crippen MR) is 79.4 cm³/mol. The Bertz CT molecular complexity index is 430. The second-order valence-electron chi connectivity index (χ2n) is 7.52. The highest BCUT2D eigenvalue weighted by molar-refractivity contribution is 7.87. The van der Waals surface area contributed by atoms with Crippen molar-refractivity contribution in [1.82, 2.24) is 9.03 Å². The molecule has 1 aliphatic carbocycles. The Morgan fingerprint density at radius 2 is 1.80 bits per heavy atom. The van der Waals surface area contributed by atoms with Crippen LogP contribution < -0.4 is 4.72 Å². The number of nitrogens with zero attached hydrogens (tertiary/aromatic N) is 1. The van der Waals surface area contributed by atoms with Gasteiger partial charge in [0.25, 0.3) is 10.2 Å². The molecule has 0 aromatic carbocycles. The number of rotatable bonds is 5. The van der Waals surface area contributed by atoms with Gasteiger partial charge in [-0.05, 0) is 37.0 Å². The van der Waals surface area contributed by atoms with Crippen molar-refractivity contribution in [2.45, 2.75) is 46.5 Å². The molecule has 0 bridgehead atoms. The number of aliphatic hydroxyl groups is 1. The fraction of sp³-hybridized carbons (Fsp3) is 1.00. The van der Waals surface area contributed by atoms with Gasteiger partial charge in [-0.3, -0.25) is 0 Å². The maximum atomic E-state index is 12.3. The van der Waals surface area contributed by atoms with E-state index in [4.69, 9.17) is 0 Å². The van der Waals surface area contributed by atoms with Crippen LogP contribution >= 0.6 is 0 Å². The third kappa shape index (κ3) is 3.72. The molecular formula is C14H28N2O3S. The number of hydrogen-bond acceptors (Lipinski definition) is 3. The van der Waals surface area contributed by atoms with E-state index in [2.05, 4.69) is 25.5 Å². The molecule has 2 rings (SSSR count). The zero-order chi connectivity index (χ0) is 15.0. The third-order valence-electron chi connectivity index (χ3n) is 4.94. The molecule has 0 aromatic rings. The summed E-state index contributed by atoms with van der Waals surface area (Å²) in [7, 11) is -3.38. The van der Waals surface area contributed by atoms with Crippen molar-refractivity contribution in [2.24, 2.45) is 16.7 Å². The van der Waals surface area contributed by atoms with E-state index in [1.54, 1.807) is 4.31 Å². The molecule has 2 fully saturated rings. The third-order valence-corrected chi connectivity index (χ3v) is 6.49. The zero-order valence-electron chi connectivity index (χ0n) is 12.9. The molecule has 1 saturated carbocycles. The van der Waals surface area contributed by atoms with Gasteiger partial charge in [0.2, 0.25) is 0 Å². The van der Waals surface area contributed by atoms with Gasteiger partial charge < -0.3 is 5.11 Å². The van der Waals surface area contributed by atoms with Crippen LogP contribution in [-0.2, 0) is 10.2 Å². The van der Waals surface area contributed by atoms with Crippen molar-refractivity contribution in [2.75, 3.05) is 26.2 Å². The summed E-state index contributed by atoms with van der Waals surface area (Å²) in [6.45, 7) is 8.30. The fourth-order valence-electron chi connectivity index (χ4n) is 2.87. The monoisotopic (exact) mass is 304 g/mol. The van der Waals surface area contributed by atoms with Gasteiger partial charge in [-0.2, -0.15) is 12.7 Å². The van der Waals surface area contributed by atoms with Crippen LogP contribution in [0.4, 0.5) is 0 Å². The fourth-order valence-corrected chi connectivity index (χ4v) is 4.23. The molecule has 0 unspecified atom stereocenters. The summed E-state index contributed by atoms with van der Waals surface area (Å²) in [5.41, 5.74) is 0.0645. The maximum Gasteiger partial charge on any atom is 0.279 e. The lowest BCUT2D eigenvalue weighted by atomic mass is 9.76. The summed E-state index contributed by atoms with van der Waals surface area (Å²) in [4.78, 5) is 0. The molecule has 2 N–H and O–H groups in total. The van der Waals surface area contributed by atoms with Crippen LogP contribution in [0.15, 0.2) is 0 Å². The van der Waals surface area contributed by atoms with E-state index in [9.17, 15) is 13.5 Å². The first-order valence-corrected chi connectivity index (χ1v) is 8.98. The molecule has 0 aromatic heterocycles. The zero-order valence-corrected chi connectivity index (χ0v) is 13.7. The van der Waals surface area contributed by atoms with Gasteiger partial charge in [0.1, 0.15) is 0 Å². The highest BCUT2D eigenvalue weighted by Gasteiger charge is 2.43. The van der Waals surface area contributed by atoms with Gasteiger partial charge in [0.15, 0.2) is 0 Å². The van der Waals surface area contributed by atoms with Crippen LogP contribution in [-0.4, -0.2) is 44.1 Å². The minimum absolute atomic E-state index is 0.0710. The Balaban J connectivity index is 1.86. The minimum Gasteiger partial charge on any atom is -0.396 e. The van der Waals surface area contributed by atoms with Crippen LogP contribution in [0.5, 0.6) is 0 Å². The smallest absolute Gasteiger partial charge is 0.279 e. The average molecular weight is 304 g/mol. The molecule has 2 aliphatic rings.